The van der Waals surface area contributed by atoms with Crippen molar-refractivity contribution in [3.8, 4) is 39.5 Å². The molecule has 11 nitrogen and oxygen atoms in total. The molecule has 0 aliphatic carbocycles. The van der Waals surface area contributed by atoms with Crippen molar-refractivity contribution in [2.45, 2.75) is 25.1 Å². The Kier molecular flexibility index (Phi) is 7.57. The predicted octanol–water partition coefficient (Wildman–Crippen LogP) is 4.66. The van der Waals surface area contributed by atoms with Gasteiger partial charge in [0.15, 0.2) is 5.58 Å². The number of nitrogen functional groups attached to an aromatic ring is 1. The van der Waals surface area contributed by atoms with Crippen molar-refractivity contribution in [2.24, 2.45) is 0 Å². The van der Waals surface area contributed by atoms with E-state index in [0.717, 1.165) is 42.6 Å². The molecule has 5 aromatic rings. The number of nitrogens with zero attached hydrogens (tertiary/aromatic N) is 5. The summed E-state index contributed by atoms with van der Waals surface area (Å²) >= 11 is 0. The van der Waals surface area contributed by atoms with Gasteiger partial charge < -0.3 is 25.7 Å². The number of hydrogen-bond donors (Lipinski definition) is 4. The van der Waals surface area contributed by atoms with E-state index in [1.807, 2.05) is 23.0 Å². The summed E-state index contributed by atoms with van der Waals surface area (Å²) in [6.45, 7) is 2.00. The fraction of sp³-hybridized carbons (Fsp3) is 0.222. The number of aliphatic carboxylic acids is 1. The molecule has 212 valence electrons. The Morgan fingerprint density at radius 2 is 1.85 bits per heavy atom. The second kappa shape index (κ2) is 11.3. The van der Waals surface area contributed by atoms with Crippen molar-refractivity contribution in [1.29, 1.82) is 0 Å². The molecule has 5 heterocycles. The molecule has 0 bridgehead atoms. The minimum absolute atomic E-state index is 0.0911. The third-order valence-corrected chi connectivity index (χ3v) is 6.49. The maximum atomic E-state index is 10.6. The van der Waals surface area contributed by atoms with E-state index in [0.29, 0.717) is 40.0 Å². The number of hydrogen-bond acceptors (Lipinski definition) is 9. The number of piperidine rings is 1. The zero-order valence-corrected chi connectivity index (χ0v) is 21.3. The standard InChI is InChI=1S/C25H23N7O2.C2HF3O2/c26-24-19(10-16(12-29-24)17-13-30-32(14-17)18-5-8-27-9-6-18)25-31-20-3-4-21(33)22(23(20)34-25)15-2-1-7-28-11-15;3-2(4,5)1(6)7/h1-4,7,10-14,18,27,33H,5-6,8-9H2,(H2,26,29);(H,6,7). The molecule has 0 atom stereocenters. The van der Waals surface area contributed by atoms with Gasteiger partial charge in [-0.15, -0.1) is 0 Å². The fourth-order valence-electron chi connectivity index (χ4n) is 4.45. The third-order valence-electron chi connectivity index (χ3n) is 6.49. The van der Waals surface area contributed by atoms with Gasteiger partial charge in [-0.3, -0.25) is 9.67 Å². The van der Waals surface area contributed by atoms with Crippen LogP contribution in [0.4, 0.5) is 19.0 Å². The Morgan fingerprint density at radius 1 is 1.10 bits per heavy atom. The molecule has 5 N–H and O–H groups in total. The molecule has 1 aliphatic rings. The van der Waals surface area contributed by atoms with E-state index in [4.69, 9.17) is 20.1 Å². The second-order valence-electron chi connectivity index (χ2n) is 9.22. The summed E-state index contributed by atoms with van der Waals surface area (Å²) < 4.78 is 39.9. The van der Waals surface area contributed by atoms with Crippen molar-refractivity contribution in [3.63, 3.8) is 0 Å². The number of fused-ring (bicyclic) bond motifs is 1. The van der Waals surface area contributed by atoms with E-state index in [1.54, 1.807) is 36.8 Å². The maximum absolute atomic E-state index is 10.6. The topological polar surface area (TPSA) is 165 Å². The van der Waals surface area contributed by atoms with E-state index < -0.39 is 12.1 Å². The first kappa shape index (κ1) is 27.6. The third kappa shape index (κ3) is 5.96. The average molecular weight is 568 g/mol. The molecule has 41 heavy (non-hydrogen) atoms. The van der Waals surface area contributed by atoms with E-state index in [1.165, 1.54) is 0 Å². The van der Waals surface area contributed by atoms with Gasteiger partial charge in [0.05, 0.1) is 23.4 Å². The van der Waals surface area contributed by atoms with Crippen molar-refractivity contribution >= 4 is 22.9 Å². The minimum Gasteiger partial charge on any atom is -0.507 e. The molecular weight excluding hydrogens is 543 g/mol. The number of nitrogens with two attached hydrogens (primary N) is 1. The summed E-state index contributed by atoms with van der Waals surface area (Å²) in [6.07, 6.45) is 6.02. The van der Waals surface area contributed by atoms with Crippen molar-refractivity contribution < 1.29 is 32.6 Å². The largest absolute Gasteiger partial charge is 0.507 e. The number of nitrogens with one attached hydrogen (secondary N) is 1. The highest BCUT2D eigenvalue weighted by Crippen LogP contribution is 2.39. The maximum Gasteiger partial charge on any atom is 0.490 e. The molecule has 1 fully saturated rings. The molecule has 1 saturated heterocycles. The van der Waals surface area contributed by atoms with Crippen LogP contribution in [0.25, 0.3) is 44.8 Å². The van der Waals surface area contributed by atoms with Gasteiger partial charge >= 0.3 is 12.1 Å². The number of aromatic nitrogens is 5. The molecule has 4 aromatic heterocycles. The Balaban J connectivity index is 0.000000431. The van der Waals surface area contributed by atoms with Crippen LogP contribution < -0.4 is 11.1 Å². The van der Waals surface area contributed by atoms with Gasteiger partial charge in [-0.2, -0.15) is 18.3 Å². The lowest BCUT2D eigenvalue weighted by Crippen LogP contribution is -2.29. The van der Waals surface area contributed by atoms with Crippen LogP contribution >= 0.6 is 0 Å². The fourth-order valence-corrected chi connectivity index (χ4v) is 4.45. The first-order valence-corrected chi connectivity index (χ1v) is 12.5. The first-order chi connectivity index (χ1) is 19.6. The SMILES string of the molecule is Nc1ncc(-c2cnn(C3CCNCC3)c2)cc1-c1nc2ccc(O)c(-c3cccnc3)c2o1.O=C(O)C(F)(F)F. The molecule has 6 rings (SSSR count). The lowest BCUT2D eigenvalue weighted by atomic mass is 10.1. The number of phenolic OH excluding ortho intramolecular Hbond substituents is 1. The smallest absolute Gasteiger partial charge is 0.490 e. The number of carboxylic acids is 1. The number of phenols is 1. The summed E-state index contributed by atoms with van der Waals surface area (Å²) in [7, 11) is 0. The van der Waals surface area contributed by atoms with Crippen LogP contribution in [0.3, 0.4) is 0 Å². The molecule has 0 unspecified atom stereocenters. The van der Waals surface area contributed by atoms with Gasteiger partial charge in [-0.1, -0.05) is 6.07 Å². The van der Waals surface area contributed by atoms with E-state index in [2.05, 4.69) is 31.6 Å². The Bertz CT molecular complexity index is 1680. The van der Waals surface area contributed by atoms with Gasteiger partial charge in [0, 0.05) is 41.5 Å². The number of halogens is 3. The minimum atomic E-state index is -5.08. The molecule has 0 spiro atoms. The van der Waals surface area contributed by atoms with Gasteiger partial charge in [0.1, 0.15) is 17.1 Å². The van der Waals surface area contributed by atoms with E-state index in [-0.39, 0.29) is 5.75 Å². The zero-order chi connectivity index (χ0) is 29.1. The monoisotopic (exact) mass is 567 g/mol. The van der Waals surface area contributed by atoms with Gasteiger partial charge in [0.25, 0.3) is 0 Å². The molecule has 0 saturated carbocycles. The Labute approximate surface area is 230 Å². The number of oxazole rings is 1. The summed E-state index contributed by atoms with van der Waals surface area (Å²) in [5, 5.41) is 25.6. The molecular formula is C27H24F3N7O4. The van der Waals surface area contributed by atoms with E-state index in [9.17, 15) is 18.3 Å². The molecule has 1 aromatic carbocycles. The Hall–Kier alpha value is -4.98. The van der Waals surface area contributed by atoms with E-state index >= 15 is 0 Å². The van der Waals surface area contributed by atoms with Crippen LogP contribution in [0.15, 0.2) is 65.7 Å². The van der Waals surface area contributed by atoms with Crippen LogP contribution in [0.2, 0.25) is 0 Å². The van der Waals surface area contributed by atoms with Crippen molar-refractivity contribution in [1.82, 2.24) is 30.0 Å². The summed E-state index contributed by atoms with van der Waals surface area (Å²) in [6, 6.07) is 9.30. The number of rotatable bonds is 4. The van der Waals surface area contributed by atoms with Crippen LogP contribution in [0.5, 0.6) is 5.75 Å². The molecule has 0 radical (unpaired) electrons. The van der Waals surface area contributed by atoms with Crippen LogP contribution in [0.1, 0.15) is 18.9 Å². The molecule has 1 aliphatic heterocycles. The second-order valence-corrected chi connectivity index (χ2v) is 9.22. The lowest BCUT2D eigenvalue weighted by Gasteiger charge is -2.22. The number of carboxylic acid groups (broad SMARTS) is 1. The van der Waals surface area contributed by atoms with Crippen molar-refractivity contribution in [2.75, 3.05) is 18.8 Å². The quantitative estimate of drug-likeness (QED) is 0.240. The van der Waals surface area contributed by atoms with Gasteiger partial charge in [-0.25, -0.2) is 14.8 Å². The van der Waals surface area contributed by atoms with Gasteiger partial charge in [-0.05, 0) is 50.2 Å². The number of alkyl halides is 3. The number of pyridine rings is 2. The van der Waals surface area contributed by atoms with Crippen molar-refractivity contribution in [3.05, 3.63) is 61.3 Å². The van der Waals surface area contributed by atoms with Crippen LogP contribution in [-0.4, -0.2) is 60.2 Å². The summed E-state index contributed by atoms with van der Waals surface area (Å²) in [5.74, 6) is -2.02. The molecule has 0 amide bonds. The predicted molar refractivity (Wildman–Crippen MR) is 143 cm³/mol. The lowest BCUT2D eigenvalue weighted by molar-refractivity contribution is -0.192. The normalized spacial score (nSPS) is 14.0. The number of aromatic hydroxyl groups is 1. The number of carbonyl (C=O) groups is 1. The number of benzene rings is 1. The highest BCUT2D eigenvalue weighted by atomic mass is 19.4. The summed E-state index contributed by atoms with van der Waals surface area (Å²) in [4.78, 5) is 22.1. The highest BCUT2D eigenvalue weighted by Gasteiger charge is 2.38. The average Bonchev–Trinajstić information content (AvgIpc) is 3.62. The Morgan fingerprint density at radius 3 is 2.54 bits per heavy atom. The number of anilines is 1. The molecule has 14 heteroatoms. The van der Waals surface area contributed by atoms with Crippen LogP contribution in [0, 0.1) is 0 Å². The van der Waals surface area contributed by atoms with Gasteiger partial charge in [0.2, 0.25) is 5.89 Å². The highest BCUT2D eigenvalue weighted by molar-refractivity contribution is 5.95. The summed E-state index contributed by atoms with van der Waals surface area (Å²) in [5.41, 5.74) is 11.0. The zero-order valence-electron chi connectivity index (χ0n) is 21.3. The first-order valence-electron chi connectivity index (χ1n) is 12.5. The van der Waals surface area contributed by atoms with Crippen LogP contribution in [-0.2, 0) is 4.79 Å².